The smallest absolute Gasteiger partial charge is 0.407 e. The van der Waals surface area contributed by atoms with Crippen molar-refractivity contribution >= 4 is 29.7 Å². The molecule has 0 spiro atoms. The van der Waals surface area contributed by atoms with Crippen molar-refractivity contribution in [2.75, 3.05) is 25.2 Å². The van der Waals surface area contributed by atoms with Crippen LogP contribution in [0.5, 0.6) is 0 Å². The van der Waals surface area contributed by atoms with Gasteiger partial charge in [0.1, 0.15) is 12.6 Å². The van der Waals surface area contributed by atoms with Crippen molar-refractivity contribution in [2.24, 2.45) is 0 Å². The van der Waals surface area contributed by atoms with Crippen molar-refractivity contribution < 1.29 is 29.3 Å². The maximum absolute atomic E-state index is 12.5. The van der Waals surface area contributed by atoms with E-state index in [2.05, 4.69) is 10.6 Å². The van der Waals surface area contributed by atoms with E-state index < -0.39 is 36.0 Å². The first-order valence-electron chi connectivity index (χ1n) is 10.5. The van der Waals surface area contributed by atoms with Crippen LogP contribution in [-0.4, -0.2) is 65.0 Å². The van der Waals surface area contributed by atoms with Gasteiger partial charge in [-0.25, -0.2) is 4.79 Å². The average molecular weight is 473 g/mol. The summed E-state index contributed by atoms with van der Waals surface area (Å²) in [5, 5.41) is 24.2. The van der Waals surface area contributed by atoms with Crippen LogP contribution in [-0.2, 0) is 14.3 Å². The van der Waals surface area contributed by atoms with Crippen LogP contribution in [0.3, 0.4) is 0 Å². The SMILES string of the molecule is CSCC(C)(O)CNC(=O)C(CC(=O)O)NC(=O)OCC1c2ccccc2-c2ccccc21. The predicted octanol–water partition coefficient (Wildman–Crippen LogP) is 2.60. The minimum Gasteiger partial charge on any atom is -0.481 e. The Hall–Kier alpha value is -3.04. The van der Waals surface area contributed by atoms with Crippen molar-refractivity contribution in [3.8, 4) is 11.1 Å². The van der Waals surface area contributed by atoms with E-state index in [0.29, 0.717) is 5.75 Å². The summed E-state index contributed by atoms with van der Waals surface area (Å²) in [6.07, 6.45) is 0.331. The van der Waals surface area contributed by atoms with Crippen LogP contribution in [0.2, 0.25) is 0 Å². The molecule has 0 radical (unpaired) electrons. The molecule has 9 heteroatoms. The molecule has 2 aromatic rings. The van der Waals surface area contributed by atoms with Crippen LogP contribution in [0.1, 0.15) is 30.4 Å². The number of carboxylic acids is 1. The van der Waals surface area contributed by atoms with Crippen molar-refractivity contribution in [2.45, 2.75) is 30.9 Å². The van der Waals surface area contributed by atoms with Gasteiger partial charge in [-0.3, -0.25) is 9.59 Å². The van der Waals surface area contributed by atoms with E-state index in [0.717, 1.165) is 22.3 Å². The molecule has 4 N–H and O–H groups in total. The lowest BCUT2D eigenvalue weighted by Crippen LogP contribution is -2.51. The first-order valence-corrected chi connectivity index (χ1v) is 11.9. The highest BCUT2D eigenvalue weighted by Gasteiger charge is 2.31. The van der Waals surface area contributed by atoms with Crippen molar-refractivity contribution in [3.05, 3.63) is 59.7 Å². The fourth-order valence-electron chi connectivity index (χ4n) is 3.93. The van der Waals surface area contributed by atoms with Gasteiger partial charge >= 0.3 is 12.1 Å². The first-order chi connectivity index (χ1) is 15.7. The normalized spacial score (nSPS) is 15.0. The second-order valence-electron chi connectivity index (χ2n) is 8.27. The third-order valence-electron chi connectivity index (χ3n) is 5.43. The maximum Gasteiger partial charge on any atom is 0.407 e. The van der Waals surface area contributed by atoms with Crippen LogP contribution in [0, 0.1) is 0 Å². The number of carboxylic acid groups (broad SMARTS) is 1. The molecule has 8 nitrogen and oxygen atoms in total. The molecule has 3 rings (SSSR count). The van der Waals surface area contributed by atoms with Gasteiger partial charge in [-0.15, -0.1) is 0 Å². The number of fused-ring (bicyclic) bond motifs is 3. The lowest BCUT2D eigenvalue weighted by molar-refractivity contribution is -0.140. The number of rotatable bonds is 10. The Labute approximate surface area is 196 Å². The molecule has 176 valence electrons. The lowest BCUT2D eigenvalue weighted by atomic mass is 9.98. The number of ether oxygens (including phenoxy) is 1. The fourth-order valence-corrected chi connectivity index (χ4v) is 4.65. The zero-order chi connectivity index (χ0) is 24.0. The monoisotopic (exact) mass is 472 g/mol. The summed E-state index contributed by atoms with van der Waals surface area (Å²) in [5.41, 5.74) is 3.10. The zero-order valence-electron chi connectivity index (χ0n) is 18.5. The molecule has 0 aromatic heterocycles. The second kappa shape index (κ2) is 10.7. The summed E-state index contributed by atoms with van der Waals surface area (Å²) in [4.78, 5) is 36.2. The number of aliphatic carboxylic acids is 1. The summed E-state index contributed by atoms with van der Waals surface area (Å²) in [7, 11) is 0. The zero-order valence-corrected chi connectivity index (χ0v) is 19.4. The molecule has 2 atom stereocenters. The third-order valence-corrected chi connectivity index (χ3v) is 6.34. The Morgan fingerprint density at radius 2 is 1.67 bits per heavy atom. The van der Waals surface area contributed by atoms with Gasteiger partial charge in [0.05, 0.1) is 12.0 Å². The molecule has 0 fully saturated rings. The highest BCUT2D eigenvalue weighted by Crippen LogP contribution is 2.44. The Balaban J connectivity index is 1.63. The van der Waals surface area contributed by atoms with Gasteiger partial charge in [0, 0.05) is 18.2 Å². The maximum atomic E-state index is 12.5. The van der Waals surface area contributed by atoms with E-state index in [4.69, 9.17) is 9.84 Å². The molecule has 0 saturated carbocycles. The first kappa shape index (κ1) is 24.6. The highest BCUT2D eigenvalue weighted by molar-refractivity contribution is 7.98. The van der Waals surface area contributed by atoms with Crippen LogP contribution >= 0.6 is 11.8 Å². The van der Waals surface area contributed by atoms with Crippen molar-refractivity contribution in [3.63, 3.8) is 0 Å². The molecule has 0 saturated heterocycles. The molecule has 0 aliphatic heterocycles. The van der Waals surface area contributed by atoms with Crippen molar-refractivity contribution in [1.82, 2.24) is 10.6 Å². The van der Waals surface area contributed by atoms with E-state index in [1.54, 1.807) is 6.92 Å². The third kappa shape index (κ3) is 6.27. The van der Waals surface area contributed by atoms with Gasteiger partial charge in [-0.2, -0.15) is 11.8 Å². The number of nitrogens with one attached hydrogen (secondary N) is 2. The largest absolute Gasteiger partial charge is 0.481 e. The lowest BCUT2D eigenvalue weighted by Gasteiger charge is -2.24. The van der Waals surface area contributed by atoms with Gasteiger partial charge < -0.3 is 25.6 Å². The molecule has 1 aliphatic carbocycles. The van der Waals surface area contributed by atoms with E-state index in [1.165, 1.54) is 11.8 Å². The summed E-state index contributed by atoms with van der Waals surface area (Å²) >= 11 is 1.41. The summed E-state index contributed by atoms with van der Waals surface area (Å²) < 4.78 is 5.41. The Bertz CT molecular complexity index is 980. The van der Waals surface area contributed by atoms with Crippen LogP contribution in [0.15, 0.2) is 48.5 Å². The van der Waals surface area contributed by atoms with E-state index >= 15 is 0 Å². The van der Waals surface area contributed by atoms with Gasteiger partial charge in [0.15, 0.2) is 0 Å². The number of benzene rings is 2. The standard InChI is InChI=1S/C24H28N2O6S/c1-24(31,14-33-2)13-25-22(29)20(11-21(27)28)26-23(30)32-12-19-17-9-5-3-7-15(17)16-8-4-6-10-18(16)19/h3-10,19-20,31H,11-14H2,1-2H3,(H,25,29)(H,26,30)(H,27,28). The quantitative estimate of drug-likeness (QED) is 0.419. The number of carbonyl (C=O) groups is 3. The summed E-state index contributed by atoms with van der Waals surface area (Å²) in [6, 6.07) is 14.5. The van der Waals surface area contributed by atoms with E-state index in [1.807, 2.05) is 54.8 Å². The number of carbonyl (C=O) groups excluding carboxylic acids is 2. The fraction of sp³-hybridized carbons (Fsp3) is 0.375. The average Bonchev–Trinajstić information content (AvgIpc) is 3.09. The molecule has 0 bridgehead atoms. The molecular weight excluding hydrogens is 444 g/mol. The van der Waals surface area contributed by atoms with Gasteiger partial charge in [0.25, 0.3) is 0 Å². The number of aliphatic hydroxyl groups is 1. The molecule has 2 amide bonds. The molecule has 2 unspecified atom stereocenters. The van der Waals surface area contributed by atoms with Gasteiger partial charge in [-0.05, 0) is 35.4 Å². The molecule has 33 heavy (non-hydrogen) atoms. The number of hydrogen-bond acceptors (Lipinski definition) is 6. The Morgan fingerprint density at radius 3 is 2.21 bits per heavy atom. The Kier molecular flexibility index (Phi) is 7.99. The minimum atomic E-state index is -1.33. The van der Waals surface area contributed by atoms with Gasteiger partial charge in [-0.1, -0.05) is 48.5 Å². The number of amides is 2. The van der Waals surface area contributed by atoms with Crippen LogP contribution in [0.4, 0.5) is 4.79 Å². The van der Waals surface area contributed by atoms with Crippen molar-refractivity contribution in [1.29, 1.82) is 0 Å². The number of hydrogen-bond donors (Lipinski definition) is 4. The minimum absolute atomic E-state index is 0.0453. The van der Waals surface area contributed by atoms with E-state index in [-0.39, 0.29) is 19.1 Å². The number of thioether (sulfide) groups is 1. The van der Waals surface area contributed by atoms with Crippen LogP contribution in [0.25, 0.3) is 11.1 Å². The molecule has 2 aromatic carbocycles. The molecular formula is C24H28N2O6S. The summed E-state index contributed by atoms with van der Waals surface area (Å²) in [6.45, 7) is 1.54. The van der Waals surface area contributed by atoms with E-state index in [9.17, 15) is 19.5 Å². The second-order valence-corrected chi connectivity index (χ2v) is 9.13. The molecule has 1 aliphatic rings. The highest BCUT2D eigenvalue weighted by atomic mass is 32.2. The molecule has 0 heterocycles. The predicted molar refractivity (Wildman–Crippen MR) is 126 cm³/mol. The Morgan fingerprint density at radius 1 is 1.09 bits per heavy atom. The topological polar surface area (TPSA) is 125 Å². The van der Waals surface area contributed by atoms with Crippen LogP contribution < -0.4 is 10.6 Å². The van der Waals surface area contributed by atoms with Gasteiger partial charge in [0.2, 0.25) is 5.91 Å². The number of alkyl carbamates (subject to hydrolysis) is 1. The summed E-state index contributed by atoms with van der Waals surface area (Å²) in [5.74, 6) is -1.72.